The van der Waals surface area contributed by atoms with Crippen LogP contribution in [0, 0.1) is 0 Å². The summed E-state index contributed by atoms with van der Waals surface area (Å²) in [5.41, 5.74) is 11.5. The second kappa shape index (κ2) is 9.21. The second-order valence-corrected chi connectivity index (χ2v) is 6.97. The molecule has 1 aliphatic carbocycles. The van der Waals surface area contributed by atoms with E-state index in [-0.39, 0.29) is 5.91 Å². The number of hydrogen-bond donors (Lipinski definition) is 3. The normalized spacial score (nSPS) is 13.3. The molecule has 0 saturated heterocycles. The number of amides is 1. The lowest BCUT2D eigenvalue weighted by Gasteiger charge is -2.08. The van der Waals surface area contributed by atoms with Crippen molar-refractivity contribution in [1.29, 1.82) is 0 Å². The molecule has 0 aliphatic heterocycles. The fourth-order valence-electron chi connectivity index (χ4n) is 3.26. The van der Waals surface area contributed by atoms with E-state index < -0.39 is 0 Å². The highest BCUT2D eigenvalue weighted by Crippen LogP contribution is 2.24. The Hall–Kier alpha value is -2.82. The van der Waals surface area contributed by atoms with Gasteiger partial charge in [0.2, 0.25) is 0 Å². The number of aryl methyl sites for hydroxylation is 2. The van der Waals surface area contributed by atoms with Gasteiger partial charge in [-0.15, -0.1) is 0 Å². The first-order chi connectivity index (χ1) is 13.2. The van der Waals surface area contributed by atoms with E-state index in [2.05, 4.69) is 40.7 Å². The number of aliphatic imine (C=N–C) groups is 1. The molecule has 142 valence electrons. The zero-order valence-corrected chi connectivity index (χ0v) is 15.9. The molecule has 0 aromatic heterocycles. The van der Waals surface area contributed by atoms with Crippen LogP contribution in [0.3, 0.4) is 0 Å². The number of nitrogens with two attached hydrogens (primary N) is 1. The molecule has 0 saturated carbocycles. The maximum atomic E-state index is 12.0. The topological polar surface area (TPSA) is 79.5 Å². The molecule has 2 aromatic rings. The molecule has 0 bridgehead atoms. The van der Waals surface area contributed by atoms with Crippen molar-refractivity contribution in [3.63, 3.8) is 0 Å². The van der Waals surface area contributed by atoms with Crippen molar-refractivity contribution in [2.45, 2.75) is 45.6 Å². The summed E-state index contributed by atoms with van der Waals surface area (Å²) in [5.74, 6) is 0.366. The largest absolute Gasteiger partial charge is 0.370 e. The van der Waals surface area contributed by atoms with Crippen LogP contribution in [0.5, 0.6) is 0 Å². The van der Waals surface area contributed by atoms with Crippen LogP contribution < -0.4 is 16.4 Å². The number of benzene rings is 2. The fourth-order valence-corrected chi connectivity index (χ4v) is 3.26. The predicted octanol–water partition coefficient (Wildman–Crippen LogP) is 3.63. The van der Waals surface area contributed by atoms with E-state index in [0.29, 0.717) is 24.6 Å². The van der Waals surface area contributed by atoms with Crippen molar-refractivity contribution in [2.75, 3.05) is 11.9 Å². The number of anilines is 1. The number of nitrogens with zero attached hydrogens (tertiary/aromatic N) is 1. The second-order valence-electron chi connectivity index (χ2n) is 6.97. The minimum atomic E-state index is -0.0312. The molecular formula is C22H28N4O. The van der Waals surface area contributed by atoms with Gasteiger partial charge in [0.15, 0.2) is 5.96 Å². The van der Waals surface area contributed by atoms with E-state index in [0.717, 1.165) is 30.5 Å². The summed E-state index contributed by atoms with van der Waals surface area (Å²) < 4.78 is 0. The van der Waals surface area contributed by atoms with E-state index in [1.807, 2.05) is 24.3 Å². The Labute approximate surface area is 161 Å². The average molecular weight is 364 g/mol. The predicted molar refractivity (Wildman–Crippen MR) is 111 cm³/mol. The highest BCUT2D eigenvalue weighted by molar-refractivity contribution is 5.94. The molecule has 1 aliphatic rings. The Balaban J connectivity index is 1.53. The van der Waals surface area contributed by atoms with Crippen LogP contribution in [-0.2, 0) is 19.4 Å². The smallest absolute Gasteiger partial charge is 0.251 e. The monoisotopic (exact) mass is 364 g/mol. The SMILES string of the molecule is CCCCNC(=O)c1ccc(CN=C(N)Nc2ccc3c(c2)CCC3)cc1. The van der Waals surface area contributed by atoms with Crippen molar-refractivity contribution >= 4 is 17.6 Å². The first-order valence-corrected chi connectivity index (χ1v) is 9.71. The quantitative estimate of drug-likeness (QED) is 0.399. The molecule has 0 spiro atoms. The number of carbonyl (C=O) groups excluding carboxylic acids is 1. The lowest BCUT2D eigenvalue weighted by Crippen LogP contribution is -2.24. The summed E-state index contributed by atoms with van der Waals surface area (Å²) in [6.07, 6.45) is 5.61. The van der Waals surface area contributed by atoms with Gasteiger partial charge in [0.1, 0.15) is 0 Å². The maximum absolute atomic E-state index is 12.0. The van der Waals surface area contributed by atoms with Crippen LogP contribution in [0.1, 0.15) is 53.2 Å². The maximum Gasteiger partial charge on any atom is 0.251 e. The van der Waals surface area contributed by atoms with Crippen LogP contribution in [-0.4, -0.2) is 18.4 Å². The van der Waals surface area contributed by atoms with E-state index in [1.54, 1.807) is 0 Å². The van der Waals surface area contributed by atoms with Crippen LogP contribution >= 0.6 is 0 Å². The van der Waals surface area contributed by atoms with E-state index in [4.69, 9.17) is 5.73 Å². The number of guanidine groups is 1. The third kappa shape index (κ3) is 5.33. The molecule has 0 radical (unpaired) electrons. The first kappa shape index (κ1) is 19.0. The van der Waals surface area contributed by atoms with Crippen LogP contribution in [0.2, 0.25) is 0 Å². The minimum absolute atomic E-state index is 0.0312. The van der Waals surface area contributed by atoms with Crippen molar-refractivity contribution in [3.8, 4) is 0 Å². The van der Waals surface area contributed by atoms with Gasteiger partial charge in [-0.3, -0.25) is 4.79 Å². The van der Waals surface area contributed by atoms with Gasteiger partial charge in [-0.2, -0.15) is 0 Å². The molecule has 4 N–H and O–H groups in total. The number of hydrogen-bond acceptors (Lipinski definition) is 2. The zero-order valence-electron chi connectivity index (χ0n) is 15.9. The molecular weight excluding hydrogens is 336 g/mol. The molecule has 5 nitrogen and oxygen atoms in total. The van der Waals surface area contributed by atoms with Crippen molar-refractivity contribution in [3.05, 3.63) is 64.7 Å². The number of unbranched alkanes of at least 4 members (excludes halogenated alkanes) is 1. The summed E-state index contributed by atoms with van der Waals surface area (Å²) in [6.45, 7) is 3.29. The number of rotatable bonds is 7. The van der Waals surface area contributed by atoms with Crippen molar-refractivity contribution < 1.29 is 4.79 Å². The standard InChI is InChI=1S/C22H28N4O/c1-2-3-13-24-21(27)18-9-7-16(8-10-18)15-25-22(23)26-20-12-11-17-5-4-6-19(17)14-20/h7-12,14H,2-6,13,15H2,1H3,(H,24,27)(H3,23,25,26). The van der Waals surface area contributed by atoms with Gasteiger partial charge in [0.25, 0.3) is 5.91 Å². The Bertz CT molecular complexity index is 812. The summed E-state index contributed by atoms with van der Waals surface area (Å²) in [6, 6.07) is 13.9. The molecule has 3 rings (SSSR count). The van der Waals surface area contributed by atoms with Crippen molar-refractivity contribution in [2.24, 2.45) is 10.7 Å². The van der Waals surface area contributed by atoms with Gasteiger partial charge in [-0.1, -0.05) is 31.5 Å². The summed E-state index contributed by atoms with van der Waals surface area (Å²) in [7, 11) is 0. The van der Waals surface area contributed by atoms with E-state index in [1.165, 1.54) is 24.0 Å². The lowest BCUT2D eigenvalue weighted by atomic mass is 10.1. The summed E-state index contributed by atoms with van der Waals surface area (Å²) in [5, 5.41) is 6.08. The van der Waals surface area contributed by atoms with Crippen LogP contribution in [0.4, 0.5) is 5.69 Å². The van der Waals surface area contributed by atoms with Gasteiger partial charge in [0.05, 0.1) is 6.54 Å². The third-order valence-electron chi connectivity index (χ3n) is 4.83. The first-order valence-electron chi connectivity index (χ1n) is 9.71. The summed E-state index contributed by atoms with van der Waals surface area (Å²) >= 11 is 0. The highest BCUT2D eigenvalue weighted by Gasteiger charge is 2.11. The molecule has 0 unspecified atom stereocenters. The third-order valence-corrected chi connectivity index (χ3v) is 4.83. The van der Waals surface area contributed by atoms with E-state index in [9.17, 15) is 4.79 Å². The van der Waals surface area contributed by atoms with Crippen molar-refractivity contribution in [1.82, 2.24) is 5.32 Å². The minimum Gasteiger partial charge on any atom is -0.370 e. The number of nitrogens with one attached hydrogen (secondary N) is 2. The number of fused-ring (bicyclic) bond motifs is 1. The average Bonchev–Trinajstić information content (AvgIpc) is 3.15. The number of carbonyl (C=O) groups is 1. The highest BCUT2D eigenvalue weighted by atomic mass is 16.1. The van der Waals surface area contributed by atoms with Gasteiger partial charge in [0, 0.05) is 17.8 Å². The Kier molecular flexibility index (Phi) is 6.47. The molecule has 1 amide bonds. The Morgan fingerprint density at radius 2 is 1.89 bits per heavy atom. The Morgan fingerprint density at radius 3 is 2.67 bits per heavy atom. The van der Waals surface area contributed by atoms with Gasteiger partial charge < -0.3 is 16.4 Å². The lowest BCUT2D eigenvalue weighted by molar-refractivity contribution is 0.0953. The van der Waals surface area contributed by atoms with Crippen LogP contribution in [0.25, 0.3) is 0 Å². The molecule has 0 atom stereocenters. The molecule has 5 heteroatoms. The molecule has 0 heterocycles. The molecule has 27 heavy (non-hydrogen) atoms. The van der Waals surface area contributed by atoms with Crippen LogP contribution in [0.15, 0.2) is 47.5 Å². The van der Waals surface area contributed by atoms with Gasteiger partial charge in [-0.05, 0) is 66.6 Å². The van der Waals surface area contributed by atoms with E-state index >= 15 is 0 Å². The summed E-state index contributed by atoms with van der Waals surface area (Å²) in [4.78, 5) is 16.4. The van der Waals surface area contributed by atoms with Gasteiger partial charge in [-0.25, -0.2) is 4.99 Å². The molecule has 2 aromatic carbocycles. The molecule has 0 fully saturated rings. The Morgan fingerprint density at radius 1 is 1.11 bits per heavy atom. The zero-order chi connectivity index (χ0) is 19.1. The fraction of sp³-hybridized carbons (Fsp3) is 0.364. The van der Waals surface area contributed by atoms with Gasteiger partial charge >= 0.3 is 0 Å².